The highest BCUT2D eigenvalue weighted by molar-refractivity contribution is 6.29. The third kappa shape index (κ3) is 5.10. The standard InChI is InChI=1S/C24H23ClN8O3/c1-13(2)27-24(34)36-16-7-20(35-12-16)17-8-22(31-30-17)29-23-19-9-21(25)32-33(19)11-18(28-23)15-5-3-4-14(6-15)10-26/h3-6,8-9,11,13,16,20H,7,12H2,1-2H3,(H,27,34)(H2,28,29,30,31). The van der Waals surface area contributed by atoms with Crippen molar-refractivity contribution in [1.29, 1.82) is 5.26 Å². The topological polar surface area (TPSA) is 142 Å². The molecule has 5 rings (SSSR count). The van der Waals surface area contributed by atoms with E-state index in [0.717, 1.165) is 11.3 Å². The SMILES string of the molecule is CC(C)NC(=O)OC1COC(c2cc(Nc3nc(-c4cccc(C#N)c4)cn4nc(Cl)cc34)n[nH]2)C1. The molecule has 1 aliphatic heterocycles. The molecule has 0 spiro atoms. The number of aromatic nitrogens is 5. The van der Waals surface area contributed by atoms with E-state index in [2.05, 4.69) is 32.0 Å². The molecule has 4 aromatic rings. The average Bonchev–Trinajstić information content (AvgIpc) is 3.58. The number of benzene rings is 1. The van der Waals surface area contributed by atoms with Crippen molar-refractivity contribution in [3.8, 4) is 17.3 Å². The number of nitrogens with zero attached hydrogens (tertiary/aromatic N) is 5. The van der Waals surface area contributed by atoms with Crippen molar-refractivity contribution in [2.24, 2.45) is 0 Å². The van der Waals surface area contributed by atoms with Gasteiger partial charge in [0.15, 0.2) is 16.8 Å². The Morgan fingerprint density at radius 1 is 1.36 bits per heavy atom. The summed E-state index contributed by atoms with van der Waals surface area (Å²) in [4.78, 5) is 16.6. The van der Waals surface area contributed by atoms with E-state index in [1.807, 2.05) is 26.0 Å². The zero-order chi connectivity index (χ0) is 25.2. The summed E-state index contributed by atoms with van der Waals surface area (Å²) in [6, 6.07) is 12.8. The lowest BCUT2D eigenvalue weighted by molar-refractivity contribution is 0.0682. The van der Waals surface area contributed by atoms with Gasteiger partial charge in [-0.25, -0.2) is 14.3 Å². The number of carbonyl (C=O) groups excluding carboxylic acids is 1. The highest BCUT2D eigenvalue weighted by atomic mass is 35.5. The number of H-pyrrole nitrogens is 1. The largest absolute Gasteiger partial charge is 0.444 e. The normalized spacial score (nSPS) is 17.3. The number of alkyl carbamates (subject to hydrolysis) is 1. The summed E-state index contributed by atoms with van der Waals surface area (Å²) in [6.45, 7) is 4.04. The first-order valence-corrected chi connectivity index (χ1v) is 11.7. The number of nitriles is 1. The first-order valence-electron chi connectivity index (χ1n) is 11.4. The van der Waals surface area contributed by atoms with E-state index in [4.69, 9.17) is 26.1 Å². The molecule has 12 heteroatoms. The first-order chi connectivity index (χ1) is 17.4. The van der Waals surface area contributed by atoms with Crippen LogP contribution in [0.1, 0.15) is 37.6 Å². The van der Waals surface area contributed by atoms with Gasteiger partial charge in [-0.05, 0) is 26.0 Å². The number of ether oxygens (including phenoxy) is 2. The highest BCUT2D eigenvalue weighted by Gasteiger charge is 2.31. The maximum absolute atomic E-state index is 11.9. The van der Waals surface area contributed by atoms with Crippen LogP contribution >= 0.6 is 11.6 Å². The van der Waals surface area contributed by atoms with Gasteiger partial charge < -0.3 is 20.1 Å². The van der Waals surface area contributed by atoms with E-state index in [0.29, 0.717) is 46.6 Å². The van der Waals surface area contributed by atoms with Gasteiger partial charge in [0.2, 0.25) is 0 Å². The van der Waals surface area contributed by atoms with E-state index in [1.54, 1.807) is 35.0 Å². The number of carbonyl (C=O) groups is 1. The summed E-state index contributed by atoms with van der Waals surface area (Å²) < 4.78 is 12.9. The molecule has 1 amide bonds. The minimum absolute atomic E-state index is 0.00334. The lowest BCUT2D eigenvalue weighted by Crippen LogP contribution is -2.33. The van der Waals surface area contributed by atoms with Crippen molar-refractivity contribution in [3.05, 3.63) is 59.0 Å². The average molecular weight is 507 g/mol. The van der Waals surface area contributed by atoms with E-state index in [9.17, 15) is 10.1 Å². The molecule has 0 bridgehead atoms. The summed E-state index contributed by atoms with van der Waals surface area (Å²) in [6.07, 6.45) is 1.17. The maximum Gasteiger partial charge on any atom is 0.407 e. The second kappa shape index (κ2) is 9.85. The van der Waals surface area contributed by atoms with Crippen molar-refractivity contribution >= 4 is 34.8 Å². The predicted molar refractivity (Wildman–Crippen MR) is 132 cm³/mol. The molecule has 3 N–H and O–H groups in total. The van der Waals surface area contributed by atoms with Gasteiger partial charge in [-0.1, -0.05) is 23.7 Å². The van der Waals surface area contributed by atoms with Crippen molar-refractivity contribution in [2.45, 2.75) is 38.5 Å². The Morgan fingerprint density at radius 2 is 2.22 bits per heavy atom. The van der Waals surface area contributed by atoms with Crippen LogP contribution in [0.5, 0.6) is 0 Å². The summed E-state index contributed by atoms with van der Waals surface area (Å²) in [5.41, 5.74) is 3.30. The molecule has 1 fully saturated rings. The molecule has 0 saturated carbocycles. The Hall–Kier alpha value is -4.14. The van der Waals surface area contributed by atoms with Crippen molar-refractivity contribution in [1.82, 2.24) is 30.1 Å². The number of halogens is 1. The number of amides is 1. The number of nitrogens with one attached hydrogen (secondary N) is 3. The smallest absolute Gasteiger partial charge is 0.407 e. The van der Waals surface area contributed by atoms with Crippen LogP contribution in [-0.2, 0) is 9.47 Å². The zero-order valence-corrected chi connectivity index (χ0v) is 20.3. The summed E-state index contributed by atoms with van der Waals surface area (Å²) in [5.74, 6) is 1.01. The molecule has 36 heavy (non-hydrogen) atoms. The van der Waals surface area contributed by atoms with Gasteiger partial charge in [0.05, 0.1) is 35.8 Å². The van der Waals surface area contributed by atoms with Crippen LogP contribution in [0.25, 0.3) is 16.8 Å². The first kappa shape index (κ1) is 23.6. The molecule has 3 aromatic heterocycles. The van der Waals surface area contributed by atoms with Gasteiger partial charge in [0.25, 0.3) is 0 Å². The Balaban J connectivity index is 1.35. The van der Waals surface area contributed by atoms with E-state index in [1.165, 1.54) is 0 Å². The molecule has 2 atom stereocenters. The van der Waals surface area contributed by atoms with Crippen molar-refractivity contribution in [2.75, 3.05) is 11.9 Å². The van der Waals surface area contributed by atoms with E-state index < -0.39 is 6.09 Å². The summed E-state index contributed by atoms with van der Waals surface area (Å²) in [5, 5.41) is 27.1. The zero-order valence-electron chi connectivity index (χ0n) is 19.5. The lowest BCUT2D eigenvalue weighted by Gasteiger charge is -2.13. The van der Waals surface area contributed by atoms with Gasteiger partial charge in [0.1, 0.15) is 17.7 Å². The predicted octanol–water partition coefficient (Wildman–Crippen LogP) is 4.35. The Labute approximate surface area is 211 Å². The summed E-state index contributed by atoms with van der Waals surface area (Å²) >= 11 is 6.16. The Morgan fingerprint density at radius 3 is 3.03 bits per heavy atom. The fraction of sp³-hybridized carbons (Fsp3) is 0.292. The van der Waals surface area contributed by atoms with Crippen LogP contribution < -0.4 is 10.6 Å². The monoisotopic (exact) mass is 506 g/mol. The molecule has 2 unspecified atom stereocenters. The maximum atomic E-state index is 11.9. The molecule has 1 aliphatic rings. The number of fused-ring (bicyclic) bond motifs is 1. The van der Waals surface area contributed by atoms with Crippen molar-refractivity contribution < 1.29 is 14.3 Å². The molecular formula is C24H23ClN8O3. The fourth-order valence-corrected chi connectivity index (χ4v) is 4.13. The van der Waals surface area contributed by atoms with Gasteiger partial charge in [-0.2, -0.15) is 15.5 Å². The van der Waals surface area contributed by atoms with Gasteiger partial charge in [0, 0.05) is 30.2 Å². The number of aromatic amines is 1. The Kier molecular flexibility index (Phi) is 6.45. The number of hydrogen-bond acceptors (Lipinski definition) is 8. The molecular weight excluding hydrogens is 484 g/mol. The quantitative estimate of drug-likeness (QED) is 0.350. The molecule has 4 heterocycles. The van der Waals surface area contributed by atoms with Crippen LogP contribution in [0, 0.1) is 11.3 Å². The second-order valence-corrected chi connectivity index (χ2v) is 9.07. The van der Waals surface area contributed by atoms with Gasteiger partial charge in [-0.3, -0.25) is 5.10 Å². The van der Waals surface area contributed by atoms with Crippen molar-refractivity contribution in [3.63, 3.8) is 0 Å². The molecule has 1 saturated heterocycles. The third-order valence-electron chi connectivity index (χ3n) is 5.54. The second-order valence-electron chi connectivity index (χ2n) is 8.68. The van der Waals surface area contributed by atoms with Crippen LogP contribution in [0.4, 0.5) is 16.4 Å². The van der Waals surface area contributed by atoms with E-state index in [-0.39, 0.29) is 18.2 Å². The van der Waals surface area contributed by atoms with Crippen LogP contribution in [0.15, 0.2) is 42.6 Å². The number of anilines is 2. The number of hydrogen-bond donors (Lipinski definition) is 3. The third-order valence-corrected chi connectivity index (χ3v) is 5.73. The minimum Gasteiger partial charge on any atom is -0.444 e. The summed E-state index contributed by atoms with van der Waals surface area (Å²) in [7, 11) is 0. The van der Waals surface area contributed by atoms with Crippen LogP contribution in [0.2, 0.25) is 5.15 Å². The van der Waals surface area contributed by atoms with Crippen LogP contribution in [-0.4, -0.2) is 49.6 Å². The van der Waals surface area contributed by atoms with Crippen LogP contribution in [0.3, 0.4) is 0 Å². The highest BCUT2D eigenvalue weighted by Crippen LogP contribution is 2.32. The van der Waals surface area contributed by atoms with Gasteiger partial charge >= 0.3 is 6.09 Å². The van der Waals surface area contributed by atoms with Gasteiger partial charge in [-0.15, -0.1) is 0 Å². The Bertz CT molecular complexity index is 1460. The molecule has 0 aliphatic carbocycles. The minimum atomic E-state index is -0.457. The molecule has 1 aromatic carbocycles. The molecule has 184 valence electrons. The fourth-order valence-electron chi connectivity index (χ4n) is 3.95. The molecule has 0 radical (unpaired) electrons. The molecule has 11 nitrogen and oxygen atoms in total. The van der Waals surface area contributed by atoms with E-state index >= 15 is 0 Å². The lowest BCUT2D eigenvalue weighted by atomic mass is 10.1. The number of rotatable bonds is 6.